The molecule has 0 unspecified atom stereocenters. The average Bonchev–Trinajstić information content (AvgIpc) is 2.46. The van der Waals surface area contributed by atoms with Gasteiger partial charge in [0.2, 0.25) is 0 Å². The Kier molecular flexibility index (Phi) is 4.02. The molecule has 0 aliphatic heterocycles. The number of nitrogens with one attached hydrogen (secondary N) is 1. The fraction of sp³-hybridized carbons (Fsp3) is 0.125. The van der Waals surface area contributed by atoms with Gasteiger partial charge in [-0.2, -0.15) is 0 Å². The molecule has 2 aromatic carbocycles. The molecule has 0 spiro atoms. The molecular weight excluding hydrogens is 222 g/mol. The third kappa shape index (κ3) is 2.72. The molecular formula is C16H17NO. The molecule has 0 radical (unpaired) electrons. The summed E-state index contributed by atoms with van der Waals surface area (Å²) in [5.74, 6) is 0.867. The topological polar surface area (TPSA) is 21.3 Å². The van der Waals surface area contributed by atoms with Crippen molar-refractivity contribution in [1.82, 2.24) is 0 Å². The van der Waals surface area contributed by atoms with Gasteiger partial charge in [-0.25, -0.2) is 0 Å². The first kappa shape index (κ1) is 12.2. The molecule has 0 fully saturated rings. The number of para-hydroxylation sites is 2. The lowest BCUT2D eigenvalue weighted by Gasteiger charge is -2.19. The predicted octanol–water partition coefficient (Wildman–Crippen LogP) is 4.03. The van der Waals surface area contributed by atoms with Crippen molar-refractivity contribution in [2.75, 3.05) is 12.4 Å². The second-order valence-corrected chi connectivity index (χ2v) is 3.97. The first-order chi connectivity index (χ1) is 8.85. The molecule has 2 heteroatoms. The zero-order chi connectivity index (χ0) is 12.8. The van der Waals surface area contributed by atoms with Gasteiger partial charge in [-0.1, -0.05) is 42.5 Å². The molecule has 1 atom stereocenters. The van der Waals surface area contributed by atoms with Crippen molar-refractivity contribution < 1.29 is 4.74 Å². The number of hydrogen-bond acceptors (Lipinski definition) is 2. The summed E-state index contributed by atoms with van der Waals surface area (Å²) < 4.78 is 5.38. The molecule has 0 saturated heterocycles. The fourth-order valence-corrected chi connectivity index (χ4v) is 1.90. The van der Waals surface area contributed by atoms with Gasteiger partial charge in [0.25, 0.3) is 0 Å². The van der Waals surface area contributed by atoms with Gasteiger partial charge in [-0.05, 0) is 18.2 Å². The quantitative estimate of drug-likeness (QED) is 0.795. The highest BCUT2D eigenvalue weighted by molar-refractivity contribution is 5.49. The molecule has 0 aliphatic rings. The first-order valence-electron chi connectivity index (χ1n) is 5.92. The number of methoxy groups -OCH3 is 1. The largest absolute Gasteiger partial charge is 0.496 e. The minimum Gasteiger partial charge on any atom is -0.496 e. The summed E-state index contributed by atoms with van der Waals surface area (Å²) in [6.07, 6.45) is 1.88. The van der Waals surface area contributed by atoms with Gasteiger partial charge in [0.05, 0.1) is 13.2 Å². The average molecular weight is 239 g/mol. The van der Waals surface area contributed by atoms with Gasteiger partial charge in [0.15, 0.2) is 0 Å². The lowest BCUT2D eigenvalue weighted by Crippen LogP contribution is -2.09. The number of ether oxygens (including phenoxy) is 1. The van der Waals surface area contributed by atoms with E-state index in [1.807, 2.05) is 60.7 Å². The zero-order valence-corrected chi connectivity index (χ0v) is 10.5. The van der Waals surface area contributed by atoms with Crippen molar-refractivity contribution >= 4 is 5.69 Å². The third-order valence-electron chi connectivity index (χ3n) is 2.81. The van der Waals surface area contributed by atoms with E-state index in [4.69, 9.17) is 4.74 Å². The first-order valence-corrected chi connectivity index (χ1v) is 5.92. The molecule has 1 N–H and O–H groups in total. The van der Waals surface area contributed by atoms with E-state index in [1.165, 1.54) is 0 Å². The number of anilines is 1. The van der Waals surface area contributed by atoms with Crippen LogP contribution < -0.4 is 10.1 Å². The van der Waals surface area contributed by atoms with E-state index in [0.29, 0.717) is 0 Å². The van der Waals surface area contributed by atoms with E-state index in [2.05, 4.69) is 11.9 Å². The molecule has 0 saturated carbocycles. The van der Waals surface area contributed by atoms with Gasteiger partial charge in [0.1, 0.15) is 5.75 Å². The van der Waals surface area contributed by atoms with Crippen molar-refractivity contribution in [2.24, 2.45) is 0 Å². The summed E-state index contributed by atoms with van der Waals surface area (Å²) in [5, 5.41) is 3.42. The minimum absolute atomic E-state index is 0.0311. The lowest BCUT2D eigenvalue weighted by atomic mass is 10.1. The molecule has 0 aromatic heterocycles. The molecule has 18 heavy (non-hydrogen) atoms. The van der Waals surface area contributed by atoms with E-state index >= 15 is 0 Å². The van der Waals surface area contributed by atoms with Crippen LogP contribution in [0.2, 0.25) is 0 Å². The monoisotopic (exact) mass is 239 g/mol. The van der Waals surface area contributed by atoms with Crippen LogP contribution in [0.15, 0.2) is 67.3 Å². The van der Waals surface area contributed by atoms with E-state index < -0.39 is 0 Å². The Labute approximate surface area is 108 Å². The third-order valence-corrected chi connectivity index (χ3v) is 2.81. The molecule has 0 aliphatic carbocycles. The Bertz CT molecular complexity index is 508. The summed E-state index contributed by atoms with van der Waals surface area (Å²) in [5.41, 5.74) is 2.15. The maximum absolute atomic E-state index is 5.38. The molecule has 2 rings (SSSR count). The molecule has 0 heterocycles. The van der Waals surface area contributed by atoms with Gasteiger partial charge in [-0.3, -0.25) is 0 Å². The smallest absolute Gasteiger partial charge is 0.124 e. The molecule has 0 amide bonds. The van der Waals surface area contributed by atoms with Crippen LogP contribution in [0.5, 0.6) is 5.75 Å². The lowest BCUT2D eigenvalue weighted by molar-refractivity contribution is 0.409. The van der Waals surface area contributed by atoms with Gasteiger partial charge in [0, 0.05) is 11.3 Å². The van der Waals surface area contributed by atoms with Crippen molar-refractivity contribution in [2.45, 2.75) is 6.04 Å². The highest BCUT2D eigenvalue weighted by atomic mass is 16.5. The van der Waals surface area contributed by atoms with E-state index in [0.717, 1.165) is 17.0 Å². The molecule has 2 aromatic rings. The zero-order valence-electron chi connectivity index (χ0n) is 10.5. The second-order valence-electron chi connectivity index (χ2n) is 3.97. The van der Waals surface area contributed by atoms with Crippen LogP contribution in [0.3, 0.4) is 0 Å². The summed E-state index contributed by atoms with van der Waals surface area (Å²) in [7, 11) is 1.68. The Hall–Kier alpha value is -2.22. The van der Waals surface area contributed by atoms with Crippen molar-refractivity contribution in [3.05, 3.63) is 72.8 Å². The summed E-state index contributed by atoms with van der Waals surface area (Å²) in [6.45, 7) is 3.89. The normalized spacial score (nSPS) is 11.6. The van der Waals surface area contributed by atoms with Gasteiger partial charge in [-0.15, -0.1) is 6.58 Å². The van der Waals surface area contributed by atoms with Crippen molar-refractivity contribution in [3.63, 3.8) is 0 Å². The maximum Gasteiger partial charge on any atom is 0.124 e. The second kappa shape index (κ2) is 5.92. The van der Waals surface area contributed by atoms with E-state index in [1.54, 1.807) is 7.11 Å². The van der Waals surface area contributed by atoms with Crippen LogP contribution in [0.4, 0.5) is 5.69 Å². The molecule has 0 bridgehead atoms. The predicted molar refractivity (Wildman–Crippen MR) is 76.0 cm³/mol. The van der Waals surface area contributed by atoms with Crippen LogP contribution in [-0.4, -0.2) is 7.11 Å². The summed E-state index contributed by atoms with van der Waals surface area (Å²) in [4.78, 5) is 0. The minimum atomic E-state index is 0.0311. The highest BCUT2D eigenvalue weighted by Gasteiger charge is 2.11. The Morgan fingerprint density at radius 1 is 1.06 bits per heavy atom. The van der Waals surface area contributed by atoms with Crippen molar-refractivity contribution in [1.29, 1.82) is 0 Å². The number of hydrogen-bond donors (Lipinski definition) is 1. The number of benzene rings is 2. The number of rotatable bonds is 5. The fourth-order valence-electron chi connectivity index (χ4n) is 1.90. The Morgan fingerprint density at radius 3 is 2.39 bits per heavy atom. The Morgan fingerprint density at radius 2 is 1.72 bits per heavy atom. The summed E-state index contributed by atoms with van der Waals surface area (Å²) >= 11 is 0. The van der Waals surface area contributed by atoms with Crippen LogP contribution in [0.1, 0.15) is 11.6 Å². The van der Waals surface area contributed by atoms with Crippen molar-refractivity contribution in [3.8, 4) is 5.75 Å². The van der Waals surface area contributed by atoms with Gasteiger partial charge >= 0.3 is 0 Å². The molecule has 2 nitrogen and oxygen atoms in total. The highest BCUT2D eigenvalue weighted by Crippen LogP contribution is 2.28. The Balaban J connectivity index is 2.26. The molecule has 92 valence electrons. The van der Waals surface area contributed by atoms with Crippen LogP contribution in [-0.2, 0) is 0 Å². The van der Waals surface area contributed by atoms with Crippen LogP contribution in [0.25, 0.3) is 0 Å². The van der Waals surface area contributed by atoms with E-state index in [-0.39, 0.29) is 6.04 Å². The van der Waals surface area contributed by atoms with Gasteiger partial charge < -0.3 is 10.1 Å². The SMILES string of the molecule is C=C[C@H](Nc1ccccc1)c1ccccc1OC. The summed E-state index contributed by atoms with van der Waals surface area (Å²) in [6, 6.07) is 18.1. The van der Waals surface area contributed by atoms with Crippen LogP contribution in [0, 0.1) is 0 Å². The maximum atomic E-state index is 5.38. The van der Waals surface area contributed by atoms with Crippen LogP contribution >= 0.6 is 0 Å². The standard InChI is InChI=1S/C16H17NO/c1-3-15(17-13-9-5-4-6-10-13)14-11-7-8-12-16(14)18-2/h3-12,15,17H,1H2,2H3/t15-/m0/s1. The van der Waals surface area contributed by atoms with E-state index in [9.17, 15) is 0 Å².